The maximum atomic E-state index is 12.3. The van der Waals surface area contributed by atoms with Crippen LogP contribution in [0.1, 0.15) is 44.0 Å². The highest BCUT2D eigenvalue weighted by Gasteiger charge is 2.23. The first kappa shape index (κ1) is 17.3. The third-order valence-corrected chi connectivity index (χ3v) is 4.57. The smallest absolute Gasteiger partial charge is 0.252 e. The third-order valence-electron chi connectivity index (χ3n) is 3.38. The van der Waals surface area contributed by atoms with Crippen molar-refractivity contribution in [3.05, 3.63) is 28.8 Å². The van der Waals surface area contributed by atoms with Gasteiger partial charge in [0.15, 0.2) is 0 Å². The number of hydrogen-bond acceptors (Lipinski definition) is 3. The van der Waals surface area contributed by atoms with E-state index in [0.29, 0.717) is 23.4 Å². The van der Waals surface area contributed by atoms with Crippen molar-refractivity contribution in [1.82, 2.24) is 5.32 Å². The summed E-state index contributed by atoms with van der Waals surface area (Å²) < 4.78 is 0. The monoisotopic (exact) mass is 315 g/mol. The number of benzene rings is 1. The van der Waals surface area contributed by atoms with E-state index < -0.39 is 5.60 Å². The van der Waals surface area contributed by atoms with Crippen LogP contribution < -0.4 is 5.32 Å². The van der Waals surface area contributed by atoms with Crippen LogP contribution >= 0.6 is 23.4 Å². The van der Waals surface area contributed by atoms with E-state index in [2.05, 4.69) is 5.32 Å². The molecule has 1 aromatic carbocycles. The van der Waals surface area contributed by atoms with Crippen LogP contribution in [0, 0.1) is 0 Å². The number of aliphatic hydroxyl groups is 1. The Labute approximate surface area is 130 Å². The highest BCUT2D eigenvalue weighted by molar-refractivity contribution is 7.99. The molecule has 0 aliphatic rings. The summed E-state index contributed by atoms with van der Waals surface area (Å²) in [6.07, 6.45) is 1.21. The minimum Gasteiger partial charge on any atom is -0.388 e. The topological polar surface area (TPSA) is 49.3 Å². The lowest BCUT2D eigenvalue weighted by molar-refractivity contribution is 0.0313. The van der Waals surface area contributed by atoms with E-state index in [1.54, 1.807) is 23.9 Å². The average Bonchev–Trinajstić information content (AvgIpc) is 2.46. The van der Waals surface area contributed by atoms with Gasteiger partial charge in [0, 0.05) is 16.5 Å². The lowest BCUT2D eigenvalue weighted by Gasteiger charge is -2.25. The predicted molar refractivity (Wildman–Crippen MR) is 85.7 cm³/mol. The first-order valence-electron chi connectivity index (χ1n) is 6.88. The molecule has 20 heavy (non-hydrogen) atoms. The van der Waals surface area contributed by atoms with Gasteiger partial charge in [0.05, 0.1) is 11.2 Å². The number of carbonyl (C=O) groups is 1. The molecule has 1 amide bonds. The summed E-state index contributed by atoms with van der Waals surface area (Å²) in [4.78, 5) is 13.2. The zero-order chi connectivity index (χ0) is 15.2. The third kappa shape index (κ3) is 4.69. The van der Waals surface area contributed by atoms with Crippen molar-refractivity contribution in [2.75, 3.05) is 12.3 Å². The van der Waals surface area contributed by atoms with Crippen molar-refractivity contribution in [3.8, 4) is 0 Å². The largest absolute Gasteiger partial charge is 0.388 e. The number of thioether (sulfide) groups is 1. The van der Waals surface area contributed by atoms with Gasteiger partial charge in [0.2, 0.25) is 0 Å². The van der Waals surface area contributed by atoms with E-state index >= 15 is 0 Å². The quantitative estimate of drug-likeness (QED) is 0.754. The van der Waals surface area contributed by atoms with Gasteiger partial charge in [-0.05, 0) is 36.8 Å². The molecule has 2 N–H and O–H groups in total. The minimum atomic E-state index is -0.841. The van der Waals surface area contributed by atoms with E-state index in [9.17, 15) is 9.90 Å². The van der Waals surface area contributed by atoms with Crippen LogP contribution in [-0.4, -0.2) is 28.9 Å². The minimum absolute atomic E-state index is 0.191. The maximum absolute atomic E-state index is 12.3. The molecule has 0 radical (unpaired) electrons. The molecule has 0 fully saturated rings. The fourth-order valence-corrected chi connectivity index (χ4v) is 2.76. The molecule has 112 valence electrons. The molecule has 0 aliphatic carbocycles. The second-order valence-corrected chi connectivity index (χ2v) is 6.43. The molecule has 0 bridgehead atoms. The highest BCUT2D eigenvalue weighted by Crippen LogP contribution is 2.25. The summed E-state index contributed by atoms with van der Waals surface area (Å²) in [6, 6.07) is 5.31. The lowest BCUT2D eigenvalue weighted by atomic mass is 9.97. The molecule has 0 heterocycles. The molecular weight excluding hydrogens is 294 g/mol. The van der Waals surface area contributed by atoms with Crippen LogP contribution in [0.15, 0.2) is 23.1 Å². The molecule has 5 heteroatoms. The SMILES string of the molecule is CCSc1ccc(Cl)cc1C(=O)NCC(O)(CC)CC. The number of halogens is 1. The Balaban J connectivity index is 2.84. The first-order chi connectivity index (χ1) is 9.45. The van der Waals surface area contributed by atoms with Gasteiger partial charge in [0.25, 0.3) is 5.91 Å². The molecule has 1 rings (SSSR count). The molecule has 0 spiro atoms. The van der Waals surface area contributed by atoms with Gasteiger partial charge < -0.3 is 10.4 Å². The Bertz CT molecular complexity index is 461. The Morgan fingerprint density at radius 1 is 1.35 bits per heavy atom. The van der Waals surface area contributed by atoms with Gasteiger partial charge in [-0.25, -0.2) is 0 Å². The zero-order valence-corrected chi connectivity index (χ0v) is 13.8. The number of amides is 1. The van der Waals surface area contributed by atoms with E-state index in [4.69, 9.17) is 11.6 Å². The first-order valence-corrected chi connectivity index (χ1v) is 8.25. The fraction of sp³-hybridized carbons (Fsp3) is 0.533. The van der Waals surface area contributed by atoms with Gasteiger partial charge in [-0.15, -0.1) is 11.8 Å². The van der Waals surface area contributed by atoms with Crippen LogP contribution in [0.2, 0.25) is 5.02 Å². The lowest BCUT2D eigenvalue weighted by Crippen LogP contribution is -2.42. The summed E-state index contributed by atoms with van der Waals surface area (Å²) in [7, 11) is 0. The van der Waals surface area contributed by atoms with E-state index in [-0.39, 0.29) is 12.5 Å². The van der Waals surface area contributed by atoms with E-state index in [1.807, 2.05) is 26.8 Å². The van der Waals surface area contributed by atoms with Gasteiger partial charge in [-0.3, -0.25) is 4.79 Å². The molecule has 0 unspecified atom stereocenters. The molecule has 0 aliphatic heterocycles. The Morgan fingerprint density at radius 2 is 2.00 bits per heavy atom. The molecule has 0 saturated heterocycles. The summed E-state index contributed by atoms with van der Waals surface area (Å²) in [5.41, 5.74) is -0.273. The standard InChI is InChI=1S/C15H22ClNO2S/c1-4-15(19,5-2)10-17-14(18)12-9-11(16)7-8-13(12)20-6-3/h7-9,19H,4-6,10H2,1-3H3,(H,17,18). The highest BCUT2D eigenvalue weighted by atomic mass is 35.5. The Morgan fingerprint density at radius 3 is 2.55 bits per heavy atom. The van der Waals surface area contributed by atoms with Gasteiger partial charge >= 0.3 is 0 Å². The van der Waals surface area contributed by atoms with Crippen LogP contribution in [0.3, 0.4) is 0 Å². The van der Waals surface area contributed by atoms with Crippen molar-refractivity contribution in [1.29, 1.82) is 0 Å². The second-order valence-electron chi connectivity index (χ2n) is 4.69. The van der Waals surface area contributed by atoms with Crippen LogP contribution in [0.25, 0.3) is 0 Å². The van der Waals surface area contributed by atoms with Gasteiger partial charge in [-0.2, -0.15) is 0 Å². The van der Waals surface area contributed by atoms with Crippen LogP contribution in [-0.2, 0) is 0 Å². The zero-order valence-electron chi connectivity index (χ0n) is 12.2. The maximum Gasteiger partial charge on any atom is 0.252 e. The van der Waals surface area contributed by atoms with Crippen LogP contribution in [0.4, 0.5) is 0 Å². The van der Waals surface area contributed by atoms with Crippen molar-refractivity contribution < 1.29 is 9.90 Å². The van der Waals surface area contributed by atoms with Gasteiger partial charge in [-0.1, -0.05) is 32.4 Å². The summed E-state index contributed by atoms with van der Waals surface area (Å²) in [5.74, 6) is 0.694. The van der Waals surface area contributed by atoms with Crippen LogP contribution in [0.5, 0.6) is 0 Å². The second kappa shape index (κ2) is 7.91. The number of rotatable bonds is 7. The summed E-state index contributed by atoms with van der Waals surface area (Å²) in [5, 5.41) is 13.6. The van der Waals surface area contributed by atoms with Crippen molar-refractivity contribution in [2.45, 2.75) is 44.1 Å². The Kier molecular flexibility index (Phi) is 6.86. The molecule has 0 saturated carbocycles. The molecule has 0 aromatic heterocycles. The fourth-order valence-electron chi connectivity index (χ4n) is 1.80. The summed E-state index contributed by atoms with van der Waals surface area (Å²) in [6.45, 7) is 6.11. The molecule has 1 aromatic rings. The molecule has 3 nitrogen and oxygen atoms in total. The number of nitrogens with one attached hydrogen (secondary N) is 1. The molecule has 0 atom stereocenters. The molecular formula is C15H22ClNO2S. The normalized spacial score (nSPS) is 11.4. The Hall–Kier alpha value is -0.710. The summed E-state index contributed by atoms with van der Waals surface area (Å²) >= 11 is 7.57. The van der Waals surface area contributed by atoms with Crippen molar-refractivity contribution >= 4 is 29.3 Å². The van der Waals surface area contributed by atoms with Crippen molar-refractivity contribution in [3.63, 3.8) is 0 Å². The number of hydrogen-bond donors (Lipinski definition) is 2. The number of carbonyl (C=O) groups excluding carboxylic acids is 1. The van der Waals surface area contributed by atoms with E-state index in [1.165, 1.54) is 0 Å². The van der Waals surface area contributed by atoms with E-state index in [0.717, 1.165) is 10.6 Å². The van der Waals surface area contributed by atoms with Crippen molar-refractivity contribution in [2.24, 2.45) is 0 Å². The predicted octanol–water partition coefficient (Wildman–Crippen LogP) is 3.73. The van der Waals surface area contributed by atoms with Gasteiger partial charge in [0.1, 0.15) is 0 Å². The average molecular weight is 316 g/mol.